The Hall–Kier alpha value is -4.44. The molecule has 0 heterocycles. The van der Waals surface area contributed by atoms with E-state index >= 15 is 0 Å². The summed E-state index contributed by atoms with van der Waals surface area (Å²) in [5.74, 6) is -2.21. The first kappa shape index (κ1) is 19.5. The predicted molar refractivity (Wildman–Crippen MR) is 126 cm³/mol. The van der Waals surface area contributed by atoms with Crippen molar-refractivity contribution in [2.24, 2.45) is 0 Å². The van der Waals surface area contributed by atoms with Gasteiger partial charge < -0.3 is 10.2 Å². The molecule has 32 heavy (non-hydrogen) atoms. The fourth-order valence-corrected chi connectivity index (χ4v) is 4.41. The number of carboxylic acids is 2. The number of hydrogen-bond acceptors (Lipinski definition) is 2. The molecule has 2 N–H and O–H groups in total. The van der Waals surface area contributed by atoms with E-state index in [9.17, 15) is 19.8 Å². The number of fused-ring (bicyclic) bond motifs is 2. The second-order valence-corrected chi connectivity index (χ2v) is 7.57. The van der Waals surface area contributed by atoms with Crippen molar-refractivity contribution in [2.45, 2.75) is 0 Å². The van der Waals surface area contributed by atoms with Crippen LogP contribution in [0.15, 0.2) is 97.1 Å². The standard InChI is InChI=1S/C28H18O4/c29-27(30)23-15-16-24(28(31)32)26(22-14-6-10-18-8-2-4-12-20(18)22)25(23)21-13-5-9-17-7-1-3-11-19(17)21/h1-16H,(H,29,30)(H,31,32). The molecular weight excluding hydrogens is 400 g/mol. The monoisotopic (exact) mass is 418 g/mol. The molecule has 0 fully saturated rings. The first-order valence-electron chi connectivity index (χ1n) is 10.2. The maximum Gasteiger partial charge on any atom is 0.336 e. The van der Waals surface area contributed by atoms with Gasteiger partial charge in [0.1, 0.15) is 0 Å². The minimum absolute atomic E-state index is 0.0642. The van der Waals surface area contributed by atoms with Crippen molar-refractivity contribution in [2.75, 3.05) is 0 Å². The smallest absolute Gasteiger partial charge is 0.336 e. The summed E-state index contributed by atoms with van der Waals surface area (Å²) in [7, 11) is 0. The van der Waals surface area contributed by atoms with Gasteiger partial charge in [-0.25, -0.2) is 9.59 Å². The highest BCUT2D eigenvalue weighted by atomic mass is 16.4. The number of carbonyl (C=O) groups is 2. The highest BCUT2D eigenvalue weighted by Crippen LogP contribution is 2.43. The van der Waals surface area contributed by atoms with Gasteiger partial charge in [0.25, 0.3) is 0 Å². The topological polar surface area (TPSA) is 74.6 Å². The molecule has 0 atom stereocenters. The molecule has 0 radical (unpaired) electrons. The number of rotatable bonds is 4. The Balaban J connectivity index is 2.01. The minimum atomic E-state index is -1.11. The van der Waals surface area contributed by atoms with E-state index in [0.29, 0.717) is 22.3 Å². The third-order valence-electron chi connectivity index (χ3n) is 5.78. The van der Waals surface area contributed by atoms with E-state index in [-0.39, 0.29) is 11.1 Å². The average molecular weight is 418 g/mol. The quantitative estimate of drug-likeness (QED) is 0.340. The van der Waals surface area contributed by atoms with Crippen molar-refractivity contribution >= 4 is 33.5 Å². The first-order chi connectivity index (χ1) is 15.6. The second-order valence-electron chi connectivity index (χ2n) is 7.57. The van der Waals surface area contributed by atoms with E-state index in [0.717, 1.165) is 21.5 Å². The summed E-state index contributed by atoms with van der Waals surface area (Å²) in [6.45, 7) is 0. The molecular formula is C28H18O4. The molecule has 0 amide bonds. The number of aromatic carboxylic acids is 2. The summed E-state index contributed by atoms with van der Waals surface area (Å²) >= 11 is 0. The van der Waals surface area contributed by atoms with Crippen LogP contribution in [0.4, 0.5) is 0 Å². The maximum absolute atomic E-state index is 12.3. The van der Waals surface area contributed by atoms with Gasteiger partial charge in [0.05, 0.1) is 11.1 Å². The first-order valence-corrected chi connectivity index (χ1v) is 10.2. The Morgan fingerprint density at radius 2 is 0.844 bits per heavy atom. The van der Waals surface area contributed by atoms with Gasteiger partial charge in [0.2, 0.25) is 0 Å². The van der Waals surface area contributed by atoms with Gasteiger partial charge >= 0.3 is 11.9 Å². The Morgan fingerprint density at radius 1 is 0.469 bits per heavy atom. The lowest BCUT2D eigenvalue weighted by Gasteiger charge is -2.19. The Morgan fingerprint density at radius 3 is 1.25 bits per heavy atom. The van der Waals surface area contributed by atoms with Crippen LogP contribution < -0.4 is 0 Å². The van der Waals surface area contributed by atoms with E-state index in [1.54, 1.807) is 0 Å². The van der Waals surface area contributed by atoms with Crippen LogP contribution in [0.5, 0.6) is 0 Å². The van der Waals surface area contributed by atoms with Crippen LogP contribution in [-0.2, 0) is 0 Å². The fourth-order valence-electron chi connectivity index (χ4n) is 4.41. The number of benzene rings is 5. The molecule has 0 aromatic heterocycles. The number of carboxylic acid groups (broad SMARTS) is 2. The summed E-state index contributed by atoms with van der Waals surface area (Å²) in [5.41, 5.74) is 2.32. The van der Waals surface area contributed by atoms with E-state index < -0.39 is 11.9 Å². The van der Waals surface area contributed by atoms with Crippen LogP contribution in [0.3, 0.4) is 0 Å². The minimum Gasteiger partial charge on any atom is -0.478 e. The van der Waals surface area contributed by atoms with Gasteiger partial charge in [0.15, 0.2) is 0 Å². The molecule has 5 rings (SSSR count). The normalized spacial score (nSPS) is 11.0. The predicted octanol–water partition coefficient (Wildman–Crippen LogP) is 6.72. The molecule has 0 spiro atoms. The molecule has 0 saturated heterocycles. The zero-order chi connectivity index (χ0) is 22.2. The average Bonchev–Trinajstić information content (AvgIpc) is 2.82. The van der Waals surface area contributed by atoms with Crippen LogP contribution in [0.1, 0.15) is 20.7 Å². The zero-order valence-electron chi connectivity index (χ0n) is 16.9. The molecule has 0 aliphatic rings. The van der Waals surface area contributed by atoms with E-state index in [1.807, 2.05) is 84.9 Å². The van der Waals surface area contributed by atoms with Gasteiger partial charge in [-0.1, -0.05) is 84.9 Å². The van der Waals surface area contributed by atoms with Crippen LogP contribution in [0, 0.1) is 0 Å². The summed E-state index contributed by atoms with van der Waals surface area (Å²) in [4.78, 5) is 24.6. The lowest BCUT2D eigenvalue weighted by atomic mass is 9.83. The summed E-state index contributed by atoms with van der Waals surface area (Å²) in [6, 6.07) is 29.5. The fraction of sp³-hybridized carbons (Fsp3) is 0. The molecule has 4 nitrogen and oxygen atoms in total. The third-order valence-corrected chi connectivity index (χ3v) is 5.78. The summed E-state index contributed by atoms with van der Waals surface area (Å²) in [6.07, 6.45) is 0. The highest BCUT2D eigenvalue weighted by Gasteiger charge is 2.25. The van der Waals surface area contributed by atoms with E-state index in [2.05, 4.69) is 0 Å². The van der Waals surface area contributed by atoms with Crippen molar-refractivity contribution in [3.05, 3.63) is 108 Å². The van der Waals surface area contributed by atoms with Gasteiger partial charge in [-0.3, -0.25) is 0 Å². The molecule has 0 saturated carbocycles. The zero-order valence-corrected chi connectivity index (χ0v) is 16.9. The van der Waals surface area contributed by atoms with Crippen LogP contribution in [0.25, 0.3) is 43.8 Å². The Labute approximate surface area is 184 Å². The van der Waals surface area contributed by atoms with E-state index in [1.165, 1.54) is 12.1 Å². The van der Waals surface area contributed by atoms with Crippen LogP contribution in [0.2, 0.25) is 0 Å². The molecule has 0 bridgehead atoms. The molecule has 0 aliphatic heterocycles. The molecule has 4 heteroatoms. The van der Waals surface area contributed by atoms with Crippen molar-refractivity contribution in [1.82, 2.24) is 0 Å². The largest absolute Gasteiger partial charge is 0.478 e. The molecule has 0 unspecified atom stereocenters. The van der Waals surface area contributed by atoms with Crippen molar-refractivity contribution < 1.29 is 19.8 Å². The highest BCUT2D eigenvalue weighted by molar-refractivity contribution is 6.14. The Kier molecular flexibility index (Phi) is 4.68. The second kappa shape index (κ2) is 7.67. The molecule has 0 aliphatic carbocycles. The van der Waals surface area contributed by atoms with Gasteiger partial charge in [-0.05, 0) is 44.8 Å². The molecule has 154 valence electrons. The lowest BCUT2D eigenvalue weighted by Crippen LogP contribution is -2.08. The SMILES string of the molecule is O=C(O)c1ccc(C(=O)O)c(-c2cccc3ccccc23)c1-c1cccc2ccccc12. The van der Waals surface area contributed by atoms with Crippen LogP contribution in [-0.4, -0.2) is 22.2 Å². The van der Waals surface area contributed by atoms with Gasteiger partial charge in [-0.2, -0.15) is 0 Å². The maximum atomic E-state index is 12.3. The summed E-state index contributed by atoms with van der Waals surface area (Å²) in [5, 5.41) is 23.8. The van der Waals surface area contributed by atoms with Crippen molar-refractivity contribution in [1.29, 1.82) is 0 Å². The van der Waals surface area contributed by atoms with Crippen molar-refractivity contribution in [3.8, 4) is 22.3 Å². The summed E-state index contributed by atoms with van der Waals surface area (Å²) < 4.78 is 0. The lowest BCUT2D eigenvalue weighted by molar-refractivity contribution is 0.0682. The van der Waals surface area contributed by atoms with Gasteiger partial charge in [-0.15, -0.1) is 0 Å². The third kappa shape index (κ3) is 3.10. The van der Waals surface area contributed by atoms with Gasteiger partial charge in [0, 0.05) is 11.1 Å². The number of hydrogen-bond donors (Lipinski definition) is 2. The van der Waals surface area contributed by atoms with Crippen molar-refractivity contribution in [3.63, 3.8) is 0 Å². The Bertz CT molecular complexity index is 1410. The van der Waals surface area contributed by atoms with Crippen LogP contribution >= 0.6 is 0 Å². The molecule has 5 aromatic carbocycles. The van der Waals surface area contributed by atoms with E-state index in [4.69, 9.17) is 0 Å². The molecule has 5 aromatic rings.